The van der Waals surface area contributed by atoms with E-state index >= 15 is 0 Å². The minimum atomic E-state index is 0.293. The Morgan fingerprint density at radius 3 is 1.40 bits per heavy atom. The second-order valence-electron chi connectivity index (χ2n) is 9.67. The van der Waals surface area contributed by atoms with E-state index < -0.39 is 0 Å². The summed E-state index contributed by atoms with van der Waals surface area (Å²) in [5.74, 6) is 0. The molecule has 0 aliphatic carbocycles. The van der Waals surface area contributed by atoms with Crippen LogP contribution < -0.4 is 5.32 Å². The van der Waals surface area contributed by atoms with Crippen LogP contribution in [0.1, 0.15) is 145 Å². The van der Waals surface area contributed by atoms with Crippen LogP contribution in [0, 0.1) is 5.41 Å². The first-order chi connectivity index (χ1) is 14.5. The van der Waals surface area contributed by atoms with Crippen LogP contribution >= 0.6 is 0 Å². The molecule has 0 bridgehead atoms. The van der Waals surface area contributed by atoms with E-state index in [0.717, 1.165) is 6.54 Å². The summed E-state index contributed by atoms with van der Waals surface area (Å²) in [6, 6.07) is 0. The molecular weight excluding hydrogens is 364 g/mol. The molecule has 0 aromatic carbocycles. The number of hydrogen-bond acceptors (Lipinski definition) is 2. The van der Waals surface area contributed by atoms with E-state index in [1.165, 1.54) is 116 Å². The first-order valence-electron chi connectivity index (χ1n) is 14.0. The van der Waals surface area contributed by atoms with Crippen molar-refractivity contribution in [2.45, 2.75) is 150 Å². The maximum absolute atomic E-state index is 4.09. The molecule has 0 fully saturated rings. The molecule has 0 saturated heterocycles. The maximum atomic E-state index is 4.09. The Bertz CT molecular complexity index is 349. The predicted molar refractivity (Wildman–Crippen MR) is 139 cm³/mol. The highest BCUT2D eigenvalue weighted by Gasteiger charge is 2.44. The van der Waals surface area contributed by atoms with Gasteiger partial charge in [0, 0.05) is 18.6 Å². The average molecular weight is 425 g/mol. The van der Waals surface area contributed by atoms with Crippen LogP contribution in [-0.4, -0.2) is 36.6 Å². The van der Waals surface area contributed by atoms with Crippen LogP contribution in [0.2, 0.25) is 0 Å². The Morgan fingerprint density at radius 2 is 1.00 bits per heavy atom. The molecule has 0 aromatic rings. The number of rotatable bonds is 22. The molecule has 0 saturated carbocycles. The standard InChI is InChI=1S/C28H60N2/c1-8-15-16-17-18-19-20-21-22-23-25-30(14-7)26-24-29-28(12-5,13-6)27(9-2,10-3)11-4/h29H,8-26H2,1-7H3. The molecule has 0 unspecified atom stereocenters. The van der Waals surface area contributed by atoms with Gasteiger partial charge in [0.2, 0.25) is 0 Å². The van der Waals surface area contributed by atoms with E-state index in [-0.39, 0.29) is 0 Å². The van der Waals surface area contributed by atoms with Gasteiger partial charge in [0.25, 0.3) is 0 Å². The van der Waals surface area contributed by atoms with E-state index in [0.29, 0.717) is 11.0 Å². The zero-order valence-corrected chi connectivity index (χ0v) is 22.4. The van der Waals surface area contributed by atoms with Crippen LogP contribution in [0.5, 0.6) is 0 Å². The van der Waals surface area contributed by atoms with Crippen molar-refractivity contribution >= 4 is 0 Å². The smallest absolute Gasteiger partial charge is 0.0232 e. The fourth-order valence-electron chi connectivity index (χ4n) is 5.91. The number of nitrogens with zero attached hydrogens (tertiary/aromatic N) is 1. The molecule has 2 heteroatoms. The third-order valence-electron chi connectivity index (χ3n) is 8.42. The van der Waals surface area contributed by atoms with Crippen LogP contribution in [0.3, 0.4) is 0 Å². The van der Waals surface area contributed by atoms with Gasteiger partial charge in [-0.05, 0) is 57.0 Å². The summed E-state index contributed by atoms with van der Waals surface area (Å²) < 4.78 is 0. The predicted octanol–water partition coefficient (Wildman–Crippen LogP) is 8.59. The topological polar surface area (TPSA) is 15.3 Å². The number of likely N-dealkylation sites (N-methyl/N-ethyl adjacent to an activating group) is 1. The van der Waals surface area contributed by atoms with Gasteiger partial charge in [0.1, 0.15) is 0 Å². The molecule has 0 rings (SSSR count). The minimum Gasteiger partial charge on any atom is -0.309 e. The summed E-state index contributed by atoms with van der Waals surface area (Å²) in [7, 11) is 0. The molecule has 182 valence electrons. The minimum absolute atomic E-state index is 0.293. The van der Waals surface area contributed by atoms with Gasteiger partial charge in [-0.2, -0.15) is 0 Å². The third kappa shape index (κ3) is 10.0. The van der Waals surface area contributed by atoms with Crippen molar-refractivity contribution in [1.29, 1.82) is 0 Å². The Balaban J connectivity index is 4.21. The lowest BCUT2D eigenvalue weighted by atomic mass is 9.61. The number of nitrogens with one attached hydrogen (secondary N) is 1. The first kappa shape index (κ1) is 29.9. The van der Waals surface area contributed by atoms with Crippen molar-refractivity contribution < 1.29 is 0 Å². The van der Waals surface area contributed by atoms with Crippen molar-refractivity contribution in [3.63, 3.8) is 0 Å². The van der Waals surface area contributed by atoms with Crippen molar-refractivity contribution in [3.8, 4) is 0 Å². The quantitative estimate of drug-likeness (QED) is 0.175. The monoisotopic (exact) mass is 424 g/mol. The molecule has 0 radical (unpaired) electrons. The maximum Gasteiger partial charge on any atom is 0.0232 e. The Kier molecular flexibility index (Phi) is 18.4. The van der Waals surface area contributed by atoms with Gasteiger partial charge < -0.3 is 10.2 Å². The molecule has 2 nitrogen and oxygen atoms in total. The average Bonchev–Trinajstić information content (AvgIpc) is 2.79. The molecule has 0 aromatic heterocycles. The van der Waals surface area contributed by atoms with Crippen molar-refractivity contribution in [1.82, 2.24) is 10.2 Å². The SMILES string of the molecule is CCCCCCCCCCCCN(CC)CCNC(CC)(CC)C(CC)(CC)CC. The summed E-state index contributed by atoms with van der Waals surface area (Å²) in [4.78, 5) is 2.67. The van der Waals surface area contributed by atoms with E-state index in [2.05, 4.69) is 58.7 Å². The zero-order chi connectivity index (χ0) is 22.7. The van der Waals surface area contributed by atoms with Crippen molar-refractivity contribution in [2.75, 3.05) is 26.2 Å². The second kappa shape index (κ2) is 18.5. The molecular formula is C28H60N2. The van der Waals surface area contributed by atoms with E-state index in [1.807, 2.05) is 0 Å². The normalized spacial score (nSPS) is 12.8. The summed E-state index contributed by atoms with van der Waals surface area (Å²) >= 11 is 0. The third-order valence-corrected chi connectivity index (χ3v) is 8.42. The largest absolute Gasteiger partial charge is 0.309 e. The van der Waals surface area contributed by atoms with Crippen LogP contribution in [0.4, 0.5) is 0 Å². The van der Waals surface area contributed by atoms with Crippen molar-refractivity contribution in [3.05, 3.63) is 0 Å². The van der Waals surface area contributed by atoms with E-state index in [9.17, 15) is 0 Å². The van der Waals surface area contributed by atoms with Crippen LogP contribution in [-0.2, 0) is 0 Å². The highest BCUT2D eigenvalue weighted by atomic mass is 15.1. The van der Waals surface area contributed by atoms with E-state index in [1.54, 1.807) is 0 Å². The fourth-order valence-corrected chi connectivity index (χ4v) is 5.91. The fraction of sp³-hybridized carbons (Fsp3) is 1.00. The molecule has 0 spiro atoms. The molecule has 0 atom stereocenters. The summed E-state index contributed by atoms with van der Waals surface area (Å²) in [5.41, 5.74) is 0.728. The lowest BCUT2D eigenvalue weighted by Gasteiger charge is -2.51. The van der Waals surface area contributed by atoms with Gasteiger partial charge in [0.05, 0.1) is 0 Å². The van der Waals surface area contributed by atoms with Gasteiger partial charge in [-0.25, -0.2) is 0 Å². The lowest BCUT2D eigenvalue weighted by Crippen LogP contribution is -2.58. The second-order valence-corrected chi connectivity index (χ2v) is 9.67. The highest BCUT2D eigenvalue weighted by molar-refractivity contribution is 5.01. The summed E-state index contributed by atoms with van der Waals surface area (Å²) in [6.07, 6.45) is 20.6. The summed E-state index contributed by atoms with van der Waals surface area (Å²) in [6.45, 7) is 21.4. The Morgan fingerprint density at radius 1 is 0.533 bits per heavy atom. The molecule has 1 N–H and O–H groups in total. The molecule has 0 aliphatic rings. The Hall–Kier alpha value is -0.0800. The Labute approximate surface area is 192 Å². The first-order valence-corrected chi connectivity index (χ1v) is 14.0. The summed E-state index contributed by atoms with van der Waals surface area (Å²) in [5, 5.41) is 4.09. The molecule has 30 heavy (non-hydrogen) atoms. The highest BCUT2D eigenvalue weighted by Crippen LogP contribution is 2.45. The lowest BCUT2D eigenvalue weighted by molar-refractivity contribution is 0.0520. The zero-order valence-electron chi connectivity index (χ0n) is 22.4. The van der Waals surface area contributed by atoms with Gasteiger partial charge in [-0.15, -0.1) is 0 Å². The molecule has 0 heterocycles. The van der Waals surface area contributed by atoms with Gasteiger partial charge in [-0.1, -0.05) is 106 Å². The van der Waals surface area contributed by atoms with Crippen LogP contribution in [0.25, 0.3) is 0 Å². The van der Waals surface area contributed by atoms with Gasteiger partial charge in [0.15, 0.2) is 0 Å². The van der Waals surface area contributed by atoms with E-state index in [4.69, 9.17) is 0 Å². The van der Waals surface area contributed by atoms with Crippen LogP contribution in [0.15, 0.2) is 0 Å². The van der Waals surface area contributed by atoms with Gasteiger partial charge in [-0.3, -0.25) is 0 Å². The van der Waals surface area contributed by atoms with Crippen molar-refractivity contribution in [2.24, 2.45) is 5.41 Å². The molecule has 0 amide bonds. The number of unbranched alkanes of at least 4 members (excludes halogenated alkanes) is 9. The van der Waals surface area contributed by atoms with Gasteiger partial charge >= 0.3 is 0 Å². The molecule has 0 aliphatic heterocycles. The number of hydrogen-bond donors (Lipinski definition) is 1.